The summed E-state index contributed by atoms with van der Waals surface area (Å²) in [6, 6.07) is 19.4. The molecule has 2 amide bonds. The minimum absolute atomic E-state index is 0.0662. The van der Waals surface area contributed by atoms with E-state index in [0.29, 0.717) is 23.8 Å². The fourth-order valence-electron chi connectivity index (χ4n) is 3.26. The molecule has 3 aromatic rings. The van der Waals surface area contributed by atoms with E-state index >= 15 is 0 Å². The van der Waals surface area contributed by atoms with E-state index in [9.17, 15) is 18.0 Å². The molecule has 0 heterocycles. The third kappa shape index (κ3) is 7.75. The number of methoxy groups -OCH3 is 1. The van der Waals surface area contributed by atoms with Gasteiger partial charge in [-0.05, 0) is 41.5 Å². The van der Waals surface area contributed by atoms with Crippen molar-refractivity contribution in [3.05, 3.63) is 83.4 Å². The van der Waals surface area contributed by atoms with Crippen molar-refractivity contribution in [2.24, 2.45) is 0 Å². The van der Waals surface area contributed by atoms with Gasteiger partial charge in [0, 0.05) is 19.2 Å². The van der Waals surface area contributed by atoms with Gasteiger partial charge in [-0.25, -0.2) is 8.42 Å². The molecule has 0 unspecified atom stereocenters. The summed E-state index contributed by atoms with van der Waals surface area (Å²) in [6.07, 6.45) is 0.990. The third-order valence-corrected chi connectivity index (χ3v) is 5.39. The van der Waals surface area contributed by atoms with Crippen molar-refractivity contribution in [1.29, 1.82) is 0 Å². The zero-order chi connectivity index (χ0) is 25.4. The first-order valence-corrected chi connectivity index (χ1v) is 12.5. The Kier molecular flexibility index (Phi) is 8.32. The Morgan fingerprint density at radius 1 is 0.914 bits per heavy atom. The van der Waals surface area contributed by atoms with Crippen LogP contribution in [0.1, 0.15) is 28.4 Å². The van der Waals surface area contributed by atoms with Gasteiger partial charge in [0.25, 0.3) is 5.91 Å². The van der Waals surface area contributed by atoms with Crippen molar-refractivity contribution < 1.29 is 27.5 Å². The number of benzene rings is 3. The molecule has 0 aliphatic carbocycles. The second-order valence-electron chi connectivity index (χ2n) is 7.76. The molecule has 0 aliphatic rings. The maximum atomic E-state index is 12.9. The number of anilines is 2. The van der Waals surface area contributed by atoms with E-state index in [0.717, 1.165) is 17.4 Å². The molecule has 10 heteroatoms. The minimum atomic E-state index is -3.62. The van der Waals surface area contributed by atoms with Crippen molar-refractivity contribution in [1.82, 2.24) is 5.32 Å². The van der Waals surface area contributed by atoms with Gasteiger partial charge in [0.15, 0.2) is 11.5 Å². The van der Waals surface area contributed by atoms with E-state index in [1.807, 2.05) is 30.3 Å². The SMILES string of the molecule is COc1cc(CNC(=O)c2cc(NC(C)=O)ccc2NS(C)(=O)=O)ccc1OCc1ccccc1. The second kappa shape index (κ2) is 11.4. The summed E-state index contributed by atoms with van der Waals surface area (Å²) in [7, 11) is -2.09. The Balaban J connectivity index is 1.73. The maximum Gasteiger partial charge on any atom is 0.253 e. The summed E-state index contributed by atoms with van der Waals surface area (Å²) in [6.45, 7) is 1.87. The smallest absolute Gasteiger partial charge is 0.253 e. The molecular formula is C25H27N3O6S. The normalized spacial score (nSPS) is 10.8. The van der Waals surface area contributed by atoms with Crippen LogP contribution in [0.4, 0.5) is 11.4 Å². The van der Waals surface area contributed by atoms with Gasteiger partial charge in [0.1, 0.15) is 6.61 Å². The van der Waals surface area contributed by atoms with E-state index in [4.69, 9.17) is 9.47 Å². The van der Waals surface area contributed by atoms with Crippen molar-refractivity contribution in [2.75, 3.05) is 23.4 Å². The van der Waals surface area contributed by atoms with Gasteiger partial charge in [0.05, 0.1) is 24.6 Å². The van der Waals surface area contributed by atoms with E-state index in [2.05, 4.69) is 15.4 Å². The number of ether oxygens (including phenoxy) is 2. The predicted molar refractivity (Wildman–Crippen MR) is 134 cm³/mol. The van der Waals surface area contributed by atoms with E-state index in [1.165, 1.54) is 32.2 Å². The summed E-state index contributed by atoms with van der Waals surface area (Å²) in [5.74, 6) is 0.238. The first-order chi connectivity index (χ1) is 16.6. The van der Waals surface area contributed by atoms with Gasteiger partial charge in [0.2, 0.25) is 15.9 Å². The lowest BCUT2D eigenvalue weighted by molar-refractivity contribution is -0.114. The molecule has 0 atom stereocenters. The van der Waals surface area contributed by atoms with Gasteiger partial charge < -0.3 is 20.1 Å². The number of hydrogen-bond acceptors (Lipinski definition) is 6. The van der Waals surface area contributed by atoms with Crippen LogP contribution >= 0.6 is 0 Å². The molecule has 9 nitrogen and oxygen atoms in total. The van der Waals surface area contributed by atoms with E-state index in [-0.39, 0.29) is 23.7 Å². The molecule has 0 spiro atoms. The number of nitrogens with one attached hydrogen (secondary N) is 3. The van der Waals surface area contributed by atoms with Crippen LogP contribution in [-0.4, -0.2) is 33.6 Å². The molecule has 0 aliphatic heterocycles. The van der Waals surface area contributed by atoms with Gasteiger partial charge in [-0.15, -0.1) is 0 Å². The van der Waals surface area contributed by atoms with Crippen LogP contribution in [0.25, 0.3) is 0 Å². The summed E-state index contributed by atoms with van der Waals surface area (Å²) in [4.78, 5) is 24.3. The van der Waals surface area contributed by atoms with Crippen LogP contribution in [0, 0.1) is 0 Å². The zero-order valence-corrected chi connectivity index (χ0v) is 20.4. The van der Waals surface area contributed by atoms with Crippen LogP contribution in [0.3, 0.4) is 0 Å². The standard InChI is InChI=1S/C25H27N3O6S/c1-17(29)27-20-10-11-22(28-35(3,31)32)21(14-20)25(30)26-15-19-9-12-23(24(13-19)33-2)34-16-18-7-5-4-6-8-18/h4-14,28H,15-16H2,1-3H3,(H,26,30)(H,27,29). The molecule has 0 aromatic heterocycles. The predicted octanol–water partition coefficient (Wildman–Crippen LogP) is 3.53. The lowest BCUT2D eigenvalue weighted by Crippen LogP contribution is -2.25. The van der Waals surface area contributed by atoms with Crippen LogP contribution < -0.4 is 24.8 Å². The average molecular weight is 498 g/mol. The third-order valence-electron chi connectivity index (χ3n) is 4.80. The summed E-state index contributed by atoms with van der Waals surface area (Å²) < 4.78 is 37.1. The lowest BCUT2D eigenvalue weighted by atomic mass is 10.1. The molecule has 0 radical (unpaired) electrons. The van der Waals surface area contributed by atoms with Crippen molar-refractivity contribution in [3.8, 4) is 11.5 Å². The second-order valence-corrected chi connectivity index (χ2v) is 9.51. The molecule has 0 fully saturated rings. The van der Waals surface area contributed by atoms with Gasteiger partial charge >= 0.3 is 0 Å². The molecule has 3 rings (SSSR count). The van der Waals surface area contributed by atoms with E-state index in [1.54, 1.807) is 18.2 Å². The van der Waals surface area contributed by atoms with Crippen molar-refractivity contribution in [3.63, 3.8) is 0 Å². The van der Waals surface area contributed by atoms with Crippen LogP contribution in [0.5, 0.6) is 11.5 Å². The molecule has 0 bridgehead atoms. The fraction of sp³-hybridized carbons (Fsp3) is 0.200. The van der Waals surface area contributed by atoms with Crippen molar-refractivity contribution in [2.45, 2.75) is 20.1 Å². The summed E-state index contributed by atoms with van der Waals surface area (Å²) in [5.41, 5.74) is 2.30. The van der Waals surface area contributed by atoms with Crippen LogP contribution in [0.2, 0.25) is 0 Å². The molecule has 3 aromatic carbocycles. The van der Waals surface area contributed by atoms with Crippen molar-refractivity contribution >= 4 is 33.2 Å². The highest BCUT2D eigenvalue weighted by Crippen LogP contribution is 2.29. The Bertz CT molecular complexity index is 1310. The Hall–Kier alpha value is -4.05. The van der Waals surface area contributed by atoms with Gasteiger partial charge in [-0.1, -0.05) is 36.4 Å². The first-order valence-electron chi connectivity index (χ1n) is 10.7. The van der Waals surface area contributed by atoms with Gasteiger partial charge in [-0.3, -0.25) is 14.3 Å². The average Bonchev–Trinajstić information content (AvgIpc) is 2.81. The quantitative estimate of drug-likeness (QED) is 0.394. The number of carbonyl (C=O) groups is 2. The molecule has 3 N–H and O–H groups in total. The molecule has 0 saturated carbocycles. The number of amides is 2. The highest BCUT2D eigenvalue weighted by molar-refractivity contribution is 7.92. The largest absolute Gasteiger partial charge is 0.493 e. The number of sulfonamides is 1. The van der Waals surface area contributed by atoms with E-state index < -0.39 is 15.9 Å². The Labute approximate surface area is 204 Å². The van der Waals surface area contributed by atoms with Crippen LogP contribution in [0.15, 0.2) is 66.7 Å². The first kappa shape index (κ1) is 25.6. The molecule has 184 valence electrons. The van der Waals surface area contributed by atoms with Gasteiger partial charge in [-0.2, -0.15) is 0 Å². The molecule has 35 heavy (non-hydrogen) atoms. The Morgan fingerprint density at radius 2 is 1.66 bits per heavy atom. The van der Waals surface area contributed by atoms with Crippen LogP contribution in [-0.2, 0) is 28.0 Å². The topological polar surface area (TPSA) is 123 Å². The molecular weight excluding hydrogens is 470 g/mol. The fourth-order valence-corrected chi connectivity index (χ4v) is 3.83. The summed E-state index contributed by atoms with van der Waals surface area (Å²) in [5, 5.41) is 5.35. The maximum absolute atomic E-state index is 12.9. The monoisotopic (exact) mass is 497 g/mol. The highest BCUT2D eigenvalue weighted by atomic mass is 32.2. The Morgan fingerprint density at radius 3 is 2.31 bits per heavy atom. The zero-order valence-electron chi connectivity index (χ0n) is 19.6. The minimum Gasteiger partial charge on any atom is -0.493 e. The number of rotatable bonds is 10. The lowest BCUT2D eigenvalue weighted by Gasteiger charge is -2.15. The summed E-state index contributed by atoms with van der Waals surface area (Å²) >= 11 is 0. The number of hydrogen-bond donors (Lipinski definition) is 3. The highest BCUT2D eigenvalue weighted by Gasteiger charge is 2.16. The number of carbonyl (C=O) groups excluding carboxylic acids is 2. The molecule has 0 saturated heterocycles.